The Bertz CT molecular complexity index is 697. The van der Waals surface area contributed by atoms with Gasteiger partial charge in [-0.2, -0.15) is 5.10 Å². The first-order valence-electron chi connectivity index (χ1n) is 8.62. The monoisotopic (exact) mass is 328 g/mol. The van der Waals surface area contributed by atoms with E-state index < -0.39 is 5.82 Å². The van der Waals surface area contributed by atoms with E-state index in [1.807, 2.05) is 0 Å². The lowest BCUT2D eigenvalue weighted by atomic mass is 9.96. The fourth-order valence-electron chi connectivity index (χ4n) is 3.46. The molecule has 1 N–H and O–H groups in total. The Balaban J connectivity index is 1.36. The van der Waals surface area contributed by atoms with E-state index in [0.717, 1.165) is 44.6 Å². The zero-order valence-electron chi connectivity index (χ0n) is 13.6. The van der Waals surface area contributed by atoms with Crippen molar-refractivity contribution in [1.82, 2.24) is 20.2 Å². The van der Waals surface area contributed by atoms with Crippen molar-refractivity contribution in [3.63, 3.8) is 0 Å². The zero-order valence-corrected chi connectivity index (χ0v) is 13.6. The number of halogens is 1. The molecule has 0 spiro atoms. The third-order valence-electron chi connectivity index (χ3n) is 4.83. The average Bonchev–Trinajstić information content (AvgIpc) is 2.64. The van der Waals surface area contributed by atoms with E-state index in [0.29, 0.717) is 12.0 Å². The van der Waals surface area contributed by atoms with Crippen LogP contribution in [0.2, 0.25) is 0 Å². The zero-order chi connectivity index (χ0) is 16.4. The van der Waals surface area contributed by atoms with Gasteiger partial charge < -0.3 is 10.2 Å². The van der Waals surface area contributed by atoms with E-state index in [1.165, 1.54) is 36.5 Å². The summed E-state index contributed by atoms with van der Waals surface area (Å²) < 4.78 is 12.9. The SMILES string of the molecule is Fc1cnc(NC2CCN(c3cc4c(nn3)CCCC4)CC2)nc1. The van der Waals surface area contributed by atoms with E-state index >= 15 is 0 Å². The molecule has 4 rings (SSSR count). The molecular weight excluding hydrogens is 307 g/mol. The second-order valence-electron chi connectivity index (χ2n) is 6.51. The first kappa shape index (κ1) is 15.2. The quantitative estimate of drug-likeness (QED) is 0.933. The smallest absolute Gasteiger partial charge is 0.222 e. The van der Waals surface area contributed by atoms with Gasteiger partial charge in [0, 0.05) is 19.1 Å². The van der Waals surface area contributed by atoms with Gasteiger partial charge in [-0.1, -0.05) is 0 Å². The summed E-state index contributed by atoms with van der Waals surface area (Å²) in [5.74, 6) is 1.07. The number of aromatic nitrogens is 4. The van der Waals surface area contributed by atoms with Gasteiger partial charge in [-0.05, 0) is 50.2 Å². The summed E-state index contributed by atoms with van der Waals surface area (Å²) in [6, 6.07) is 2.52. The summed E-state index contributed by atoms with van der Waals surface area (Å²) in [6.45, 7) is 1.85. The highest BCUT2D eigenvalue weighted by Gasteiger charge is 2.22. The number of nitrogens with zero attached hydrogens (tertiary/aromatic N) is 5. The number of hydrogen-bond acceptors (Lipinski definition) is 6. The minimum absolute atomic E-state index is 0.303. The summed E-state index contributed by atoms with van der Waals surface area (Å²) in [7, 11) is 0. The molecule has 1 aliphatic carbocycles. The predicted octanol–water partition coefficient (Wildman–Crippen LogP) is 2.37. The molecule has 126 valence electrons. The molecule has 7 heteroatoms. The predicted molar refractivity (Wildman–Crippen MR) is 89.5 cm³/mol. The van der Waals surface area contributed by atoms with Crippen LogP contribution in [0.25, 0.3) is 0 Å². The molecule has 0 saturated carbocycles. The van der Waals surface area contributed by atoms with Crippen LogP contribution in [0.5, 0.6) is 0 Å². The Kier molecular flexibility index (Phi) is 4.23. The van der Waals surface area contributed by atoms with E-state index in [-0.39, 0.29) is 0 Å². The molecule has 0 unspecified atom stereocenters. The molecule has 3 heterocycles. The van der Waals surface area contributed by atoms with E-state index in [4.69, 9.17) is 0 Å². The van der Waals surface area contributed by atoms with Gasteiger partial charge in [0.1, 0.15) is 0 Å². The van der Waals surface area contributed by atoms with Crippen LogP contribution in [0, 0.1) is 5.82 Å². The van der Waals surface area contributed by atoms with E-state index in [1.54, 1.807) is 0 Å². The second kappa shape index (κ2) is 6.67. The molecule has 0 atom stereocenters. The summed E-state index contributed by atoms with van der Waals surface area (Å²) in [4.78, 5) is 10.2. The lowest BCUT2D eigenvalue weighted by Crippen LogP contribution is -2.40. The highest BCUT2D eigenvalue weighted by Crippen LogP contribution is 2.24. The third-order valence-corrected chi connectivity index (χ3v) is 4.83. The summed E-state index contributed by atoms with van der Waals surface area (Å²) in [5.41, 5.74) is 2.54. The van der Waals surface area contributed by atoms with Crippen LogP contribution < -0.4 is 10.2 Å². The lowest BCUT2D eigenvalue weighted by molar-refractivity contribution is 0.517. The van der Waals surface area contributed by atoms with Crippen LogP contribution in [0.15, 0.2) is 18.5 Å². The van der Waals surface area contributed by atoms with Crippen LogP contribution in [-0.2, 0) is 12.8 Å². The molecule has 6 nitrogen and oxygen atoms in total. The molecule has 1 fully saturated rings. The first-order valence-corrected chi connectivity index (χ1v) is 8.62. The van der Waals surface area contributed by atoms with Gasteiger partial charge in [0.2, 0.25) is 5.95 Å². The van der Waals surface area contributed by atoms with Gasteiger partial charge in [-0.25, -0.2) is 14.4 Å². The highest BCUT2D eigenvalue weighted by molar-refractivity contribution is 5.43. The van der Waals surface area contributed by atoms with Crippen LogP contribution >= 0.6 is 0 Å². The number of fused-ring (bicyclic) bond motifs is 1. The van der Waals surface area contributed by atoms with Crippen molar-refractivity contribution in [2.45, 2.75) is 44.6 Å². The van der Waals surface area contributed by atoms with Gasteiger partial charge in [0.05, 0.1) is 18.1 Å². The minimum Gasteiger partial charge on any atom is -0.355 e. The van der Waals surface area contributed by atoms with Crippen molar-refractivity contribution < 1.29 is 4.39 Å². The number of piperidine rings is 1. The van der Waals surface area contributed by atoms with Crippen LogP contribution in [-0.4, -0.2) is 39.3 Å². The Hall–Kier alpha value is -2.31. The second-order valence-corrected chi connectivity index (χ2v) is 6.51. The number of nitrogens with one attached hydrogen (secondary N) is 1. The van der Waals surface area contributed by atoms with Gasteiger partial charge in [-0.3, -0.25) is 0 Å². The Morgan fingerprint density at radius 1 is 1.04 bits per heavy atom. The molecule has 24 heavy (non-hydrogen) atoms. The fourth-order valence-corrected chi connectivity index (χ4v) is 3.46. The van der Waals surface area contributed by atoms with Crippen molar-refractivity contribution in [3.8, 4) is 0 Å². The number of rotatable bonds is 3. The van der Waals surface area contributed by atoms with Crippen LogP contribution in [0.4, 0.5) is 16.2 Å². The molecule has 2 aromatic heterocycles. The van der Waals surface area contributed by atoms with E-state index in [9.17, 15) is 4.39 Å². The normalized spacial score (nSPS) is 18.3. The van der Waals surface area contributed by atoms with Crippen molar-refractivity contribution in [2.75, 3.05) is 23.3 Å². The number of anilines is 2. The molecule has 2 aliphatic rings. The summed E-state index contributed by atoms with van der Waals surface area (Å²) >= 11 is 0. The topological polar surface area (TPSA) is 66.8 Å². The Labute approximate surface area is 140 Å². The molecule has 2 aromatic rings. The maximum Gasteiger partial charge on any atom is 0.222 e. The van der Waals surface area contributed by atoms with Gasteiger partial charge in [-0.15, -0.1) is 5.10 Å². The molecular formula is C17H21FN6. The van der Waals surface area contributed by atoms with Crippen molar-refractivity contribution >= 4 is 11.8 Å². The number of hydrogen-bond donors (Lipinski definition) is 1. The van der Waals surface area contributed by atoms with Crippen LogP contribution in [0.1, 0.15) is 36.9 Å². The molecule has 0 radical (unpaired) electrons. The van der Waals surface area contributed by atoms with Crippen LogP contribution in [0.3, 0.4) is 0 Å². The van der Waals surface area contributed by atoms with Crippen molar-refractivity contribution in [1.29, 1.82) is 0 Å². The Morgan fingerprint density at radius 3 is 2.58 bits per heavy atom. The standard InChI is InChI=1S/C17H21FN6/c18-13-10-19-17(20-11-13)21-14-5-7-24(8-6-14)16-9-12-3-1-2-4-15(12)22-23-16/h9-11,14H,1-8H2,(H,19,20,21). The van der Waals surface area contributed by atoms with Gasteiger partial charge >= 0.3 is 0 Å². The third kappa shape index (κ3) is 3.29. The minimum atomic E-state index is -0.415. The molecule has 0 bridgehead atoms. The molecule has 0 aromatic carbocycles. The lowest BCUT2D eigenvalue weighted by Gasteiger charge is -2.33. The molecule has 1 aliphatic heterocycles. The molecule has 1 saturated heterocycles. The first-order chi connectivity index (χ1) is 11.8. The largest absolute Gasteiger partial charge is 0.355 e. The Morgan fingerprint density at radius 2 is 1.79 bits per heavy atom. The van der Waals surface area contributed by atoms with Crippen molar-refractivity contribution in [2.24, 2.45) is 0 Å². The maximum atomic E-state index is 12.9. The van der Waals surface area contributed by atoms with E-state index in [2.05, 4.69) is 36.4 Å². The van der Waals surface area contributed by atoms with Gasteiger partial charge in [0.25, 0.3) is 0 Å². The summed E-state index contributed by atoms with van der Waals surface area (Å²) in [6.07, 6.45) is 8.98. The van der Waals surface area contributed by atoms with Crippen molar-refractivity contribution in [3.05, 3.63) is 35.5 Å². The molecule has 0 amide bonds. The summed E-state index contributed by atoms with van der Waals surface area (Å²) in [5, 5.41) is 12.1. The number of aryl methyl sites for hydroxylation is 2. The highest BCUT2D eigenvalue weighted by atomic mass is 19.1. The maximum absolute atomic E-state index is 12.9. The van der Waals surface area contributed by atoms with Gasteiger partial charge in [0.15, 0.2) is 11.6 Å². The fraction of sp³-hybridized carbons (Fsp3) is 0.529. The average molecular weight is 328 g/mol.